The Morgan fingerprint density at radius 1 is 1.44 bits per heavy atom. The molecule has 0 bridgehead atoms. The predicted octanol–water partition coefficient (Wildman–Crippen LogP) is 2.86. The van der Waals surface area contributed by atoms with Gasteiger partial charge in [0.25, 0.3) is 0 Å². The molecule has 0 aliphatic carbocycles. The van der Waals surface area contributed by atoms with Gasteiger partial charge in [-0.1, -0.05) is 13.8 Å². The van der Waals surface area contributed by atoms with Crippen molar-refractivity contribution in [3.63, 3.8) is 0 Å². The molecule has 1 fully saturated rings. The van der Waals surface area contributed by atoms with E-state index in [4.69, 9.17) is 0 Å². The Bertz CT molecular complexity index is 407. The second-order valence-corrected chi connectivity index (χ2v) is 7.27. The van der Waals surface area contributed by atoms with Crippen molar-refractivity contribution in [3.05, 3.63) is 23.9 Å². The molecule has 2 heterocycles. The van der Waals surface area contributed by atoms with Crippen molar-refractivity contribution in [2.75, 3.05) is 23.7 Å². The highest BCUT2D eigenvalue weighted by Gasteiger charge is 2.24. The molecular weight excluding hydrogens is 244 g/mol. The van der Waals surface area contributed by atoms with E-state index in [1.54, 1.807) is 13.1 Å². The Morgan fingerprint density at radius 2 is 2.22 bits per heavy atom. The van der Waals surface area contributed by atoms with Gasteiger partial charge >= 0.3 is 0 Å². The van der Waals surface area contributed by atoms with Crippen molar-refractivity contribution >= 4 is 17.6 Å². The third kappa shape index (κ3) is 3.39. The van der Waals surface area contributed by atoms with Gasteiger partial charge in [0.15, 0.2) is 0 Å². The van der Waals surface area contributed by atoms with Crippen LogP contribution in [0, 0.1) is 0 Å². The monoisotopic (exact) mass is 266 g/mol. The lowest BCUT2D eigenvalue weighted by atomic mass is 10.1. The minimum absolute atomic E-state index is 0.358. The van der Waals surface area contributed by atoms with Crippen LogP contribution < -0.4 is 4.90 Å². The number of hydrogen-bond acceptors (Lipinski definition) is 4. The average Bonchev–Trinajstić information content (AvgIpc) is 2.50. The smallest absolute Gasteiger partial charge is 0.128 e. The van der Waals surface area contributed by atoms with Gasteiger partial charge in [-0.15, -0.1) is 0 Å². The minimum Gasteiger partial charge on any atom is -0.389 e. The van der Waals surface area contributed by atoms with Crippen LogP contribution in [0.5, 0.6) is 0 Å². The first-order valence-electron chi connectivity index (χ1n) is 6.51. The van der Waals surface area contributed by atoms with E-state index in [1.807, 2.05) is 23.9 Å². The Morgan fingerprint density at radius 3 is 2.94 bits per heavy atom. The van der Waals surface area contributed by atoms with Gasteiger partial charge < -0.3 is 10.0 Å². The van der Waals surface area contributed by atoms with Crippen LogP contribution in [0.1, 0.15) is 38.9 Å². The largest absolute Gasteiger partial charge is 0.389 e. The Kier molecular flexibility index (Phi) is 4.17. The summed E-state index contributed by atoms with van der Waals surface area (Å²) in [5, 5.41) is 9.63. The van der Waals surface area contributed by atoms with E-state index in [0.717, 1.165) is 36.6 Å². The van der Waals surface area contributed by atoms with Crippen molar-refractivity contribution in [3.8, 4) is 0 Å². The maximum atomic E-state index is 9.63. The van der Waals surface area contributed by atoms with Crippen molar-refractivity contribution in [2.24, 2.45) is 0 Å². The standard InChI is InChI=1S/C14H22N2OS/c1-11(17)12-4-6-15-13(10-12)16-7-5-14(2,3)18-9-8-16/h4,6,10-11,17H,5,7-9H2,1-3H3. The lowest BCUT2D eigenvalue weighted by Crippen LogP contribution is -2.27. The highest BCUT2D eigenvalue weighted by atomic mass is 32.2. The number of thioether (sulfide) groups is 1. The normalized spacial score (nSPS) is 21.4. The van der Waals surface area contributed by atoms with Crippen molar-refractivity contribution in [2.45, 2.75) is 38.0 Å². The fraction of sp³-hybridized carbons (Fsp3) is 0.643. The quantitative estimate of drug-likeness (QED) is 0.893. The number of aliphatic hydroxyl groups is 1. The number of hydrogen-bond donors (Lipinski definition) is 1. The number of aliphatic hydroxyl groups excluding tert-OH is 1. The fourth-order valence-corrected chi connectivity index (χ4v) is 3.22. The zero-order valence-electron chi connectivity index (χ0n) is 11.4. The lowest BCUT2D eigenvalue weighted by molar-refractivity contribution is 0.199. The summed E-state index contributed by atoms with van der Waals surface area (Å²) in [5.41, 5.74) is 0.941. The topological polar surface area (TPSA) is 36.4 Å². The van der Waals surface area contributed by atoms with Gasteiger partial charge in [-0.2, -0.15) is 11.8 Å². The third-order valence-electron chi connectivity index (χ3n) is 3.41. The molecule has 18 heavy (non-hydrogen) atoms. The van der Waals surface area contributed by atoms with E-state index in [0.29, 0.717) is 4.75 Å². The van der Waals surface area contributed by atoms with Gasteiger partial charge in [0.05, 0.1) is 6.10 Å². The van der Waals surface area contributed by atoms with Gasteiger partial charge in [-0.05, 0) is 31.0 Å². The molecule has 1 aromatic rings. The van der Waals surface area contributed by atoms with E-state index in [-0.39, 0.29) is 0 Å². The van der Waals surface area contributed by atoms with Gasteiger partial charge in [-0.25, -0.2) is 4.98 Å². The second-order valence-electron chi connectivity index (χ2n) is 5.47. The zero-order chi connectivity index (χ0) is 13.2. The lowest BCUT2D eigenvalue weighted by Gasteiger charge is -2.23. The molecule has 2 rings (SSSR count). The molecule has 1 aromatic heterocycles. The molecule has 100 valence electrons. The van der Waals surface area contributed by atoms with Crippen LogP contribution in [0.3, 0.4) is 0 Å². The van der Waals surface area contributed by atoms with Crippen LogP contribution in [-0.2, 0) is 0 Å². The Labute approximate surface area is 114 Å². The maximum absolute atomic E-state index is 9.63. The van der Waals surface area contributed by atoms with Gasteiger partial charge in [0.1, 0.15) is 5.82 Å². The third-order valence-corrected chi connectivity index (χ3v) is 4.79. The van der Waals surface area contributed by atoms with Crippen LogP contribution in [0.15, 0.2) is 18.3 Å². The van der Waals surface area contributed by atoms with Crippen LogP contribution in [0.25, 0.3) is 0 Å². The summed E-state index contributed by atoms with van der Waals surface area (Å²) in [6.45, 7) is 8.47. The molecule has 1 aliphatic rings. The number of nitrogens with zero attached hydrogens (tertiary/aromatic N) is 2. The number of aromatic nitrogens is 1. The first-order valence-corrected chi connectivity index (χ1v) is 7.49. The Balaban J connectivity index is 2.13. The predicted molar refractivity (Wildman–Crippen MR) is 78.2 cm³/mol. The van der Waals surface area contributed by atoms with E-state index in [2.05, 4.69) is 23.7 Å². The molecular formula is C14H22N2OS. The van der Waals surface area contributed by atoms with E-state index in [9.17, 15) is 5.11 Å². The summed E-state index contributed by atoms with van der Waals surface area (Å²) < 4.78 is 0.358. The molecule has 4 heteroatoms. The summed E-state index contributed by atoms with van der Waals surface area (Å²) >= 11 is 2.03. The SMILES string of the molecule is CC(O)c1ccnc(N2CCSC(C)(C)CC2)c1. The zero-order valence-corrected chi connectivity index (χ0v) is 12.2. The first-order chi connectivity index (χ1) is 8.48. The summed E-state index contributed by atoms with van der Waals surface area (Å²) in [6, 6.07) is 3.89. The summed E-state index contributed by atoms with van der Waals surface area (Å²) in [6.07, 6.45) is 2.53. The molecule has 0 aromatic carbocycles. The number of pyridine rings is 1. The average molecular weight is 266 g/mol. The molecule has 3 nitrogen and oxygen atoms in total. The molecule has 0 saturated carbocycles. The fourth-order valence-electron chi connectivity index (χ4n) is 2.12. The highest BCUT2D eigenvalue weighted by molar-refractivity contribution is 8.00. The van der Waals surface area contributed by atoms with Crippen LogP contribution >= 0.6 is 11.8 Å². The molecule has 0 spiro atoms. The Hall–Kier alpha value is -0.740. The van der Waals surface area contributed by atoms with Gasteiger partial charge in [-0.3, -0.25) is 0 Å². The number of rotatable bonds is 2. The van der Waals surface area contributed by atoms with Gasteiger partial charge in [0.2, 0.25) is 0 Å². The first kappa shape index (κ1) is 13.7. The van der Waals surface area contributed by atoms with Crippen LogP contribution in [-0.4, -0.2) is 33.7 Å². The number of anilines is 1. The van der Waals surface area contributed by atoms with Gasteiger partial charge in [0, 0.05) is 29.8 Å². The summed E-state index contributed by atoms with van der Waals surface area (Å²) in [5.74, 6) is 2.12. The molecule has 1 unspecified atom stereocenters. The second kappa shape index (κ2) is 5.49. The molecule has 0 radical (unpaired) electrons. The van der Waals surface area contributed by atoms with Crippen molar-refractivity contribution < 1.29 is 5.11 Å². The maximum Gasteiger partial charge on any atom is 0.128 e. The van der Waals surface area contributed by atoms with Crippen molar-refractivity contribution in [1.29, 1.82) is 0 Å². The summed E-state index contributed by atoms with van der Waals surface area (Å²) in [4.78, 5) is 6.77. The highest BCUT2D eigenvalue weighted by Crippen LogP contribution is 2.32. The molecule has 1 aliphatic heterocycles. The van der Waals surface area contributed by atoms with Crippen LogP contribution in [0.4, 0.5) is 5.82 Å². The van der Waals surface area contributed by atoms with E-state index >= 15 is 0 Å². The molecule has 1 N–H and O–H groups in total. The van der Waals surface area contributed by atoms with E-state index < -0.39 is 6.10 Å². The minimum atomic E-state index is -0.426. The van der Waals surface area contributed by atoms with Crippen LogP contribution in [0.2, 0.25) is 0 Å². The molecule has 1 saturated heterocycles. The van der Waals surface area contributed by atoms with E-state index in [1.165, 1.54) is 0 Å². The molecule has 1 atom stereocenters. The van der Waals surface area contributed by atoms with Crippen molar-refractivity contribution in [1.82, 2.24) is 4.98 Å². The molecule has 0 amide bonds. The summed E-state index contributed by atoms with van der Waals surface area (Å²) in [7, 11) is 0.